The van der Waals surface area contributed by atoms with Crippen molar-refractivity contribution >= 4 is 23.3 Å². The SMILES string of the molecule is CCCCC=N/C(C(N)=NC)=C(\C)c1ccc(N2CC[N+](C)(CC)CC2)cc1. The number of nitrogens with two attached hydrogens (primary N) is 1. The molecular weight excluding hydrogens is 346 g/mol. The molecule has 5 nitrogen and oxygen atoms in total. The summed E-state index contributed by atoms with van der Waals surface area (Å²) < 4.78 is 1.17. The lowest BCUT2D eigenvalue weighted by molar-refractivity contribution is -0.908. The normalized spacial score (nSPS) is 18.5. The summed E-state index contributed by atoms with van der Waals surface area (Å²) in [4.78, 5) is 11.3. The number of nitrogens with zero attached hydrogens (tertiary/aromatic N) is 4. The molecule has 28 heavy (non-hydrogen) atoms. The molecule has 0 radical (unpaired) electrons. The molecule has 154 valence electrons. The van der Waals surface area contributed by atoms with E-state index in [1.165, 1.54) is 29.8 Å². The average molecular weight is 385 g/mol. The van der Waals surface area contributed by atoms with Crippen molar-refractivity contribution in [2.75, 3.05) is 51.7 Å². The fourth-order valence-corrected chi connectivity index (χ4v) is 3.49. The first kappa shape index (κ1) is 22.2. The summed E-state index contributed by atoms with van der Waals surface area (Å²) in [6, 6.07) is 8.80. The lowest BCUT2D eigenvalue weighted by Crippen LogP contribution is -2.57. The van der Waals surface area contributed by atoms with Gasteiger partial charge in [-0.2, -0.15) is 0 Å². The van der Waals surface area contributed by atoms with Gasteiger partial charge in [0.1, 0.15) is 11.5 Å². The van der Waals surface area contributed by atoms with Crippen LogP contribution in [0.25, 0.3) is 5.57 Å². The van der Waals surface area contributed by atoms with Gasteiger partial charge in [0, 0.05) is 18.9 Å². The maximum Gasteiger partial charge on any atom is 0.144 e. The van der Waals surface area contributed by atoms with Gasteiger partial charge in [-0.25, -0.2) is 0 Å². The Bertz CT molecular complexity index is 707. The second-order valence-corrected chi connectivity index (χ2v) is 7.95. The predicted molar refractivity (Wildman–Crippen MR) is 123 cm³/mol. The zero-order valence-corrected chi connectivity index (χ0v) is 18.4. The number of hydrogen-bond donors (Lipinski definition) is 1. The van der Waals surface area contributed by atoms with E-state index in [2.05, 4.69) is 67.0 Å². The lowest BCUT2D eigenvalue weighted by Gasteiger charge is -2.42. The van der Waals surface area contributed by atoms with Crippen molar-refractivity contribution in [2.45, 2.75) is 40.0 Å². The fourth-order valence-electron chi connectivity index (χ4n) is 3.49. The molecule has 1 aliphatic heterocycles. The number of piperazine rings is 1. The van der Waals surface area contributed by atoms with Crippen molar-refractivity contribution in [3.8, 4) is 0 Å². The smallest absolute Gasteiger partial charge is 0.144 e. The molecule has 1 aliphatic rings. The van der Waals surface area contributed by atoms with Crippen molar-refractivity contribution < 1.29 is 4.48 Å². The van der Waals surface area contributed by atoms with Crippen molar-refractivity contribution in [3.63, 3.8) is 0 Å². The fraction of sp³-hybridized carbons (Fsp3) is 0.565. The highest BCUT2D eigenvalue weighted by atomic mass is 15.4. The lowest BCUT2D eigenvalue weighted by atomic mass is 10.0. The van der Waals surface area contributed by atoms with E-state index in [-0.39, 0.29) is 0 Å². The standard InChI is InChI=1S/C23H38N5/c1-6-8-9-14-26-22(23(24)25-4)19(3)20-10-12-21(13-11-20)27-15-17-28(5,7-2)18-16-27/h10-14H,6-9,15-18H2,1-5H3,(H2,24,25)/q+1/b22-19+,26-14?. The Hall–Kier alpha value is -2.14. The molecule has 2 rings (SSSR count). The molecule has 2 N–H and O–H groups in total. The van der Waals surface area contributed by atoms with E-state index in [9.17, 15) is 0 Å². The first-order valence-electron chi connectivity index (χ1n) is 10.6. The van der Waals surface area contributed by atoms with E-state index in [0.717, 1.165) is 49.2 Å². The van der Waals surface area contributed by atoms with Crippen molar-refractivity contribution in [3.05, 3.63) is 35.5 Å². The number of amidine groups is 1. The molecule has 5 heteroatoms. The molecule has 0 aromatic heterocycles. The van der Waals surface area contributed by atoms with Crippen LogP contribution in [-0.4, -0.2) is 63.4 Å². The molecule has 1 fully saturated rings. The number of benzene rings is 1. The summed E-state index contributed by atoms with van der Waals surface area (Å²) in [5, 5.41) is 0. The molecule has 0 atom stereocenters. The number of aliphatic imine (C=N–C) groups is 2. The third kappa shape index (κ3) is 5.68. The Morgan fingerprint density at radius 2 is 1.82 bits per heavy atom. The summed E-state index contributed by atoms with van der Waals surface area (Å²) in [6.07, 6.45) is 5.23. The molecule has 1 aromatic rings. The quantitative estimate of drug-likeness (QED) is 0.319. The molecule has 1 aromatic carbocycles. The van der Waals surface area contributed by atoms with Gasteiger partial charge in [0.15, 0.2) is 0 Å². The van der Waals surface area contributed by atoms with Crippen LogP contribution in [0.4, 0.5) is 5.69 Å². The molecule has 0 unspecified atom stereocenters. The van der Waals surface area contributed by atoms with Crippen molar-refractivity contribution in [2.24, 2.45) is 15.7 Å². The Morgan fingerprint density at radius 1 is 1.18 bits per heavy atom. The molecule has 1 saturated heterocycles. The van der Waals surface area contributed by atoms with Gasteiger partial charge >= 0.3 is 0 Å². The van der Waals surface area contributed by atoms with Crippen LogP contribution in [0.3, 0.4) is 0 Å². The van der Waals surface area contributed by atoms with Gasteiger partial charge in [0.05, 0.1) is 39.8 Å². The minimum absolute atomic E-state index is 0.488. The molecular formula is C23H38N5+. The molecule has 0 bridgehead atoms. The van der Waals surface area contributed by atoms with Gasteiger partial charge in [-0.15, -0.1) is 0 Å². The molecule has 1 heterocycles. The summed E-state index contributed by atoms with van der Waals surface area (Å²) in [6.45, 7) is 12.4. The van der Waals surface area contributed by atoms with Crippen LogP contribution >= 0.6 is 0 Å². The Kier molecular flexibility index (Phi) is 8.24. The van der Waals surface area contributed by atoms with E-state index in [0.29, 0.717) is 5.84 Å². The highest BCUT2D eigenvalue weighted by molar-refractivity contribution is 6.04. The van der Waals surface area contributed by atoms with Crippen LogP contribution in [0.5, 0.6) is 0 Å². The summed E-state index contributed by atoms with van der Waals surface area (Å²) >= 11 is 0. The van der Waals surface area contributed by atoms with Gasteiger partial charge in [-0.05, 0) is 50.0 Å². The highest BCUT2D eigenvalue weighted by Crippen LogP contribution is 2.24. The van der Waals surface area contributed by atoms with E-state index >= 15 is 0 Å². The minimum Gasteiger partial charge on any atom is -0.382 e. The van der Waals surface area contributed by atoms with E-state index < -0.39 is 0 Å². The van der Waals surface area contributed by atoms with Crippen LogP contribution in [-0.2, 0) is 0 Å². The van der Waals surface area contributed by atoms with Gasteiger partial charge in [0.2, 0.25) is 0 Å². The number of allylic oxidation sites excluding steroid dienone is 1. The number of rotatable bonds is 8. The average Bonchev–Trinajstić information content (AvgIpc) is 2.73. The van der Waals surface area contributed by atoms with Gasteiger partial charge in [0.25, 0.3) is 0 Å². The number of anilines is 1. The van der Waals surface area contributed by atoms with Gasteiger partial charge < -0.3 is 15.1 Å². The maximum absolute atomic E-state index is 6.12. The number of quaternary nitrogens is 1. The third-order valence-corrected chi connectivity index (χ3v) is 5.99. The van der Waals surface area contributed by atoms with Crippen LogP contribution in [0, 0.1) is 0 Å². The van der Waals surface area contributed by atoms with E-state index in [4.69, 9.17) is 5.73 Å². The first-order chi connectivity index (χ1) is 13.4. The summed E-state index contributed by atoms with van der Waals surface area (Å²) in [5.74, 6) is 0.488. The van der Waals surface area contributed by atoms with Gasteiger partial charge in [-0.3, -0.25) is 9.98 Å². The molecule has 0 amide bonds. The van der Waals surface area contributed by atoms with Crippen molar-refractivity contribution in [1.29, 1.82) is 0 Å². The van der Waals surface area contributed by atoms with E-state index in [1.807, 2.05) is 6.21 Å². The topological polar surface area (TPSA) is 54.0 Å². The maximum atomic E-state index is 6.12. The van der Waals surface area contributed by atoms with Crippen LogP contribution in [0.15, 0.2) is 39.9 Å². The summed E-state index contributed by atoms with van der Waals surface area (Å²) in [7, 11) is 4.07. The van der Waals surface area contributed by atoms with Gasteiger partial charge in [-0.1, -0.05) is 25.5 Å². The monoisotopic (exact) mass is 384 g/mol. The Morgan fingerprint density at radius 3 is 2.36 bits per heavy atom. The Labute approximate surface area is 171 Å². The zero-order valence-electron chi connectivity index (χ0n) is 18.4. The molecule has 0 saturated carbocycles. The summed E-state index contributed by atoms with van der Waals surface area (Å²) in [5.41, 5.74) is 10.4. The highest BCUT2D eigenvalue weighted by Gasteiger charge is 2.26. The second kappa shape index (κ2) is 10.4. The molecule has 0 spiro atoms. The largest absolute Gasteiger partial charge is 0.382 e. The minimum atomic E-state index is 0.488. The van der Waals surface area contributed by atoms with Crippen molar-refractivity contribution in [1.82, 2.24) is 0 Å². The molecule has 0 aliphatic carbocycles. The number of likely N-dealkylation sites (N-methyl/N-ethyl adjacent to an activating group) is 1. The number of unbranched alkanes of at least 4 members (excludes halogenated alkanes) is 2. The van der Waals surface area contributed by atoms with Crippen LogP contribution in [0.2, 0.25) is 0 Å². The van der Waals surface area contributed by atoms with E-state index in [1.54, 1.807) is 7.05 Å². The zero-order chi connectivity index (χ0) is 20.6. The Balaban J connectivity index is 2.17. The van der Waals surface area contributed by atoms with Crippen LogP contribution < -0.4 is 10.6 Å². The second-order valence-electron chi connectivity index (χ2n) is 7.95. The predicted octanol–water partition coefficient (Wildman–Crippen LogP) is 3.95. The third-order valence-electron chi connectivity index (χ3n) is 5.99. The number of hydrogen-bond acceptors (Lipinski definition) is 3. The first-order valence-corrected chi connectivity index (χ1v) is 10.6. The van der Waals surface area contributed by atoms with Crippen LogP contribution in [0.1, 0.15) is 45.6 Å².